The maximum atomic E-state index is 12.7. The lowest BCUT2D eigenvalue weighted by Gasteiger charge is -2.23. The van der Waals surface area contributed by atoms with E-state index in [0.717, 1.165) is 17.7 Å². The average molecular weight is 462 g/mol. The summed E-state index contributed by atoms with van der Waals surface area (Å²) in [6, 6.07) is 14.1. The summed E-state index contributed by atoms with van der Waals surface area (Å²) in [5.41, 5.74) is 0.194. The number of benzene rings is 2. The van der Waals surface area contributed by atoms with Crippen LogP contribution in [0.2, 0.25) is 0 Å². The van der Waals surface area contributed by atoms with Crippen molar-refractivity contribution in [3.05, 3.63) is 77.9 Å². The van der Waals surface area contributed by atoms with E-state index in [1.54, 1.807) is 18.9 Å². The molecule has 1 atom stereocenters. The fourth-order valence-electron chi connectivity index (χ4n) is 2.91. The van der Waals surface area contributed by atoms with Crippen LogP contribution in [0.4, 0.5) is 13.2 Å². The summed E-state index contributed by atoms with van der Waals surface area (Å²) in [7, 11) is 1.73. The number of carbonyl (C=O) groups is 3. The van der Waals surface area contributed by atoms with E-state index in [2.05, 4.69) is 0 Å². The van der Waals surface area contributed by atoms with Crippen LogP contribution in [0.3, 0.4) is 0 Å². The van der Waals surface area contributed by atoms with Gasteiger partial charge in [-0.2, -0.15) is 13.2 Å². The number of imide groups is 1. The van der Waals surface area contributed by atoms with Gasteiger partial charge in [-0.3, -0.25) is 19.7 Å². The van der Waals surface area contributed by atoms with Crippen molar-refractivity contribution in [2.24, 2.45) is 0 Å². The Balaban J connectivity index is 0.000000468. The number of carbonyl (C=O) groups excluding carboxylic acids is 3. The number of hydrogen-bond acceptors (Lipinski definition) is 4. The minimum atomic E-state index is -4.37. The zero-order chi connectivity index (χ0) is 24.4. The summed E-state index contributed by atoms with van der Waals surface area (Å²) in [4.78, 5) is 33.4. The summed E-state index contributed by atoms with van der Waals surface area (Å²) in [6.45, 7) is 2.29. The average Bonchev–Trinajstić information content (AvgIpc) is 3.18. The molecule has 2 aromatic rings. The molecule has 1 aliphatic rings. The van der Waals surface area contributed by atoms with Crippen molar-refractivity contribution < 1.29 is 32.3 Å². The zero-order valence-corrected chi connectivity index (χ0v) is 18.3. The predicted molar refractivity (Wildman–Crippen MR) is 116 cm³/mol. The monoisotopic (exact) mass is 462 g/mol. The molecule has 0 aliphatic carbocycles. The van der Waals surface area contributed by atoms with E-state index in [9.17, 15) is 27.6 Å². The molecule has 0 aromatic heterocycles. The number of ether oxygens (including phenoxy) is 1. The van der Waals surface area contributed by atoms with E-state index in [-0.39, 0.29) is 23.8 Å². The maximum Gasteiger partial charge on any atom is 0.416 e. The largest absolute Gasteiger partial charge is 0.486 e. The SMILES string of the molecule is CCC(=O)N(C)CCC(Oc1ccc(C(F)(F)F)cc1)c1ccccc1.O=C1C=CC(=O)N1. The molecule has 0 bridgehead atoms. The van der Waals surface area contributed by atoms with Gasteiger partial charge in [0, 0.05) is 38.6 Å². The minimum Gasteiger partial charge on any atom is -0.486 e. The molecule has 0 saturated carbocycles. The third-order valence-electron chi connectivity index (χ3n) is 4.72. The van der Waals surface area contributed by atoms with Gasteiger partial charge >= 0.3 is 6.18 Å². The fourth-order valence-corrected chi connectivity index (χ4v) is 2.91. The van der Waals surface area contributed by atoms with Gasteiger partial charge < -0.3 is 9.64 Å². The second-order valence-electron chi connectivity index (χ2n) is 7.18. The van der Waals surface area contributed by atoms with Gasteiger partial charge in [0.25, 0.3) is 11.8 Å². The summed E-state index contributed by atoms with van der Waals surface area (Å²) >= 11 is 0. The highest BCUT2D eigenvalue weighted by Gasteiger charge is 2.30. The van der Waals surface area contributed by atoms with Crippen molar-refractivity contribution >= 4 is 17.7 Å². The molecular formula is C24H25F3N2O4. The number of nitrogens with zero attached hydrogens (tertiary/aromatic N) is 1. The molecule has 33 heavy (non-hydrogen) atoms. The highest BCUT2D eigenvalue weighted by molar-refractivity contribution is 6.12. The summed E-state index contributed by atoms with van der Waals surface area (Å²) in [5, 5.41) is 2.03. The van der Waals surface area contributed by atoms with Gasteiger partial charge in [-0.25, -0.2) is 0 Å². The Kier molecular flexibility index (Phi) is 9.20. The molecule has 9 heteroatoms. The molecule has 0 saturated heterocycles. The number of amides is 3. The molecule has 0 spiro atoms. The first kappa shape index (κ1) is 25.6. The quantitative estimate of drug-likeness (QED) is 0.623. The third-order valence-corrected chi connectivity index (χ3v) is 4.72. The van der Waals surface area contributed by atoms with Crippen molar-refractivity contribution in [1.82, 2.24) is 10.2 Å². The van der Waals surface area contributed by atoms with Crippen LogP contribution in [0.15, 0.2) is 66.7 Å². The predicted octanol–water partition coefficient (Wildman–Crippen LogP) is 4.28. The summed E-state index contributed by atoms with van der Waals surface area (Å²) in [6.07, 6.45) is -1.38. The molecular weight excluding hydrogens is 437 g/mol. The molecule has 0 radical (unpaired) electrons. The van der Waals surface area contributed by atoms with Crippen LogP contribution in [0.1, 0.15) is 37.0 Å². The first-order chi connectivity index (χ1) is 15.6. The number of hydrogen-bond donors (Lipinski definition) is 1. The Labute approximate surface area is 190 Å². The summed E-state index contributed by atoms with van der Waals surface area (Å²) < 4.78 is 44.0. The van der Waals surface area contributed by atoms with Crippen LogP contribution >= 0.6 is 0 Å². The Morgan fingerprint density at radius 3 is 2.03 bits per heavy atom. The highest BCUT2D eigenvalue weighted by atomic mass is 19.4. The molecule has 6 nitrogen and oxygen atoms in total. The number of nitrogens with one attached hydrogen (secondary N) is 1. The van der Waals surface area contributed by atoms with Gasteiger partial charge in [0.1, 0.15) is 11.9 Å². The van der Waals surface area contributed by atoms with Gasteiger partial charge in [0.05, 0.1) is 5.56 Å². The molecule has 0 fully saturated rings. The molecule has 1 N–H and O–H groups in total. The van der Waals surface area contributed by atoms with E-state index in [1.165, 1.54) is 24.3 Å². The third kappa shape index (κ3) is 8.44. The van der Waals surface area contributed by atoms with Crippen molar-refractivity contribution in [2.45, 2.75) is 32.0 Å². The lowest BCUT2D eigenvalue weighted by atomic mass is 10.1. The van der Waals surface area contributed by atoms with Crippen LogP contribution in [-0.2, 0) is 20.6 Å². The van der Waals surface area contributed by atoms with Crippen LogP contribution in [0, 0.1) is 0 Å². The van der Waals surface area contributed by atoms with E-state index < -0.39 is 11.7 Å². The normalized spacial score (nSPS) is 13.6. The molecule has 1 aliphatic heterocycles. The Hall–Kier alpha value is -3.62. The minimum absolute atomic E-state index is 0.0336. The van der Waals surface area contributed by atoms with Crippen molar-refractivity contribution in [1.29, 1.82) is 0 Å². The molecule has 176 valence electrons. The topological polar surface area (TPSA) is 75.7 Å². The van der Waals surface area contributed by atoms with Gasteiger partial charge in [0.2, 0.25) is 5.91 Å². The van der Waals surface area contributed by atoms with Crippen molar-refractivity contribution in [3.63, 3.8) is 0 Å². The number of alkyl halides is 3. The van der Waals surface area contributed by atoms with Crippen molar-refractivity contribution in [3.8, 4) is 5.75 Å². The highest BCUT2D eigenvalue weighted by Crippen LogP contribution is 2.32. The lowest BCUT2D eigenvalue weighted by molar-refractivity contribution is -0.137. The Bertz CT molecular complexity index is 957. The summed E-state index contributed by atoms with van der Waals surface area (Å²) in [5.74, 6) is -0.266. The second kappa shape index (κ2) is 11.8. The first-order valence-corrected chi connectivity index (χ1v) is 10.3. The maximum absolute atomic E-state index is 12.7. The number of rotatable bonds is 7. The van der Waals surface area contributed by atoms with Crippen LogP contribution in [0.5, 0.6) is 5.75 Å². The van der Waals surface area contributed by atoms with E-state index in [1.807, 2.05) is 35.6 Å². The first-order valence-electron chi connectivity index (χ1n) is 10.3. The van der Waals surface area contributed by atoms with E-state index in [0.29, 0.717) is 25.1 Å². The number of halogens is 3. The zero-order valence-electron chi connectivity index (χ0n) is 18.3. The van der Waals surface area contributed by atoms with E-state index >= 15 is 0 Å². The van der Waals surface area contributed by atoms with Gasteiger partial charge in [0.15, 0.2) is 0 Å². The smallest absolute Gasteiger partial charge is 0.416 e. The lowest BCUT2D eigenvalue weighted by Crippen LogP contribution is -2.28. The molecule has 3 amide bonds. The van der Waals surface area contributed by atoms with Crippen molar-refractivity contribution in [2.75, 3.05) is 13.6 Å². The molecule has 1 heterocycles. The standard InChI is InChI=1S/C20H22F3NO2.C4H3NO2/c1-3-19(25)24(2)14-13-18(15-7-5-4-6-8-15)26-17-11-9-16(10-12-17)20(21,22)23;6-3-1-2-4(7)5-3/h4-12,18H,3,13-14H2,1-2H3;1-2H,(H,5,6,7). The van der Waals surface area contributed by atoms with Gasteiger partial charge in [-0.1, -0.05) is 37.3 Å². The Morgan fingerprint density at radius 1 is 1.00 bits per heavy atom. The molecule has 3 rings (SSSR count). The van der Waals surface area contributed by atoms with Crippen LogP contribution in [-0.4, -0.2) is 36.2 Å². The molecule has 2 aromatic carbocycles. The van der Waals surface area contributed by atoms with E-state index in [4.69, 9.17) is 4.74 Å². The Morgan fingerprint density at radius 2 is 1.58 bits per heavy atom. The molecule has 1 unspecified atom stereocenters. The van der Waals surface area contributed by atoms with Crippen LogP contribution in [0.25, 0.3) is 0 Å². The van der Waals surface area contributed by atoms with Gasteiger partial charge in [-0.05, 0) is 29.8 Å². The second-order valence-corrected chi connectivity index (χ2v) is 7.18. The van der Waals surface area contributed by atoms with Gasteiger partial charge in [-0.15, -0.1) is 0 Å². The fraction of sp³-hybridized carbons (Fsp3) is 0.292. The van der Waals surface area contributed by atoms with Crippen LogP contribution < -0.4 is 10.1 Å².